The van der Waals surface area contributed by atoms with Gasteiger partial charge < -0.3 is 10.1 Å². The van der Waals surface area contributed by atoms with Crippen molar-refractivity contribution in [1.82, 2.24) is 5.32 Å². The molecule has 316 valence electrons. The molecule has 0 aliphatic rings. The molecule has 0 aromatic heterocycles. The average Bonchev–Trinajstić information content (AvgIpc) is 3.16. The van der Waals surface area contributed by atoms with E-state index in [1.54, 1.807) is 0 Å². The van der Waals surface area contributed by atoms with Crippen molar-refractivity contribution in [2.24, 2.45) is 5.92 Å². The standard InChI is InChI=1S/C49H97NO2S/c1-5-9-12-14-16-18-20-22-24-28-32-36-40-46(41-37-33-29-25-23-21-19-17-15-13-10-6-2)49(53)52-47(42-11-7-3)43-38-34-30-26-27-31-35-39-44-48(51)50-45-8-4/h46-47H,5-45H2,1-4H3,(H,50,51). The van der Waals surface area contributed by atoms with Crippen molar-refractivity contribution in [2.45, 2.75) is 291 Å². The number of hydrogen-bond acceptors (Lipinski definition) is 3. The Kier molecular flexibility index (Phi) is 43.5. The molecule has 0 bridgehead atoms. The van der Waals surface area contributed by atoms with Crippen LogP contribution in [0, 0.1) is 5.92 Å². The molecule has 0 saturated heterocycles. The van der Waals surface area contributed by atoms with E-state index in [-0.39, 0.29) is 5.91 Å². The maximum atomic E-state index is 11.8. The molecule has 4 heteroatoms. The van der Waals surface area contributed by atoms with E-state index in [1.165, 1.54) is 225 Å². The van der Waals surface area contributed by atoms with Gasteiger partial charge in [0.15, 0.2) is 5.05 Å². The number of amides is 1. The highest BCUT2D eigenvalue weighted by Gasteiger charge is 2.20. The van der Waals surface area contributed by atoms with Crippen LogP contribution in [0.25, 0.3) is 0 Å². The molecule has 53 heavy (non-hydrogen) atoms. The SMILES string of the molecule is CCCCCCCCCCCCCCC(CCCCCCCCCCCCCC)C(=S)OC(CCCC)CCCCCCCCCCC(=O)NCCC. The minimum absolute atomic E-state index is 0.228. The summed E-state index contributed by atoms with van der Waals surface area (Å²) in [6, 6.07) is 0. The van der Waals surface area contributed by atoms with E-state index in [1.807, 2.05) is 0 Å². The summed E-state index contributed by atoms with van der Waals surface area (Å²) in [5, 5.41) is 3.95. The normalized spacial score (nSPS) is 12.1. The molecule has 0 heterocycles. The fourth-order valence-electron chi connectivity index (χ4n) is 7.87. The Hall–Kier alpha value is -0.640. The third-order valence-electron chi connectivity index (χ3n) is 11.6. The highest BCUT2D eigenvalue weighted by Crippen LogP contribution is 2.25. The summed E-state index contributed by atoms with van der Waals surface area (Å²) in [5.41, 5.74) is 0. The second kappa shape index (κ2) is 44.1. The highest BCUT2D eigenvalue weighted by atomic mass is 32.1. The predicted octanol–water partition coefficient (Wildman–Crippen LogP) is 17.1. The van der Waals surface area contributed by atoms with Gasteiger partial charge in [0.2, 0.25) is 5.91 Å². The van der Waals surface area contributed by atoms with Gasteiger partial charge in [-0.2, -0.15) is 0 Å². The smallest absolute Gasteiger partial charge is 0.219 e. The molecule has 1 atom stereocenters. The van der Waals surface area contributed by atoms with E-state index in [2.05, 4.69) is 33.0 Å². The second-order valence-corrected chi connectivity index (χ2v) is 17.4. The van der Waals surface area contributed by atoms with Gasteiger partial charge in [0.25, 0.3) is 0 Å². The largest absolute Gasteiger partial charge is 0.484 e. The van der Waals surface area contributed by atoms with Crippen molar-refractivity contribution in [1.29, 1.82) is 0 Å². The number of ether oxygens (including phenoxy) is 1. The lowest BCUT2D eigenvalue weighted by Gasteiger charge is -2.25. The van der Waals surface area contributed by atoms with Gasteiger partial charge in [0.1, 0.15) is 0 Å². The molecule has 3 nitrogen and oxygen atoms in total. The Morgan fingerprint density at radius 2 is 0.736 bits per heavy atom. The Morgan fingerprint density at radius 3 is 1.11 bits per heavy atom. The second-order valence-electron chi connectivity index (χ2n) is 17.0. The summed E-state index contributed by atoms with van der Waals surface area (Å²) in [4.78, 5) is 11.8. The topological polar surface area (TPSA) is 38.3 Å². The minimum atomic E-state index is 0.228. The number of carbonyl (C=O) groups is 1. The number of carbonyl (C=O) groups excluding carboxylic acids is 1. The fraction of sp³-hybridized carbons (Fsp3) is 0.959. The maximum Gasteiger partial charge on any atom is 0.219 e. The van der Waals surface area contributed by atoms with E-state index in [0.717, 1.165) is 37.3 Å². The van der Waals surface area contributed by atoms with E-state index < -0.39 is 0 Å². The number of nitrogens with one attached hydrogen (secondary N) is 1. The van der Waals surface area contributed by atoms with Gasteiger partial charge in [0.05, 0.1) is 6.10 Å². The van der Waals surface area contributed by atoms with Crippen molar-refractivity contribution in [3.63, 3.8) is 0 Å². The molecule has 1 unspecified atom stereocenters. The van der Waals surface area contributed by atoms with Crippen LogP contribution in [-0.2, 0) is 9.53 Å². The van der Waals surface area contributed by atoms with Crippen molar-refractivity contribution in [3.8, 4) is 0 Å². The Morgan fingerprint density at radius 1 is 0.415 bits per heavy atom. The van der Waals surface area contributed by atoms with Gasteiger partial charge in [0, 0.05) is 18.9 Å². The van der Waals surface area contributed by atoms with E-state index in [0.29, 0.717) is 18.4 Å². The quantitative estimate of drug-likeness (QED) is 0.0496. The molecule has 1 N–H and O–H groups in total. The molecule has 0 fully saturated rings. The summed E-state index contributed by atoms with van der Waals surface area (Å²) < 4.78 is 6.74. The summed E-state index contributed by atoms with van der Waals surface area (Å²) in [5.74, 6) is 0.698. The molecule has 0 aliphatic heterocycles. The lowest BCUT2D eigenvalue weighted by atomic mass is 9.94. The summed E-state index contributed by atoms with van der Waals surface area (Å²) >= 11 is 6.14. The van der Waals surface area contributed by atoms with Crippen LogP contribution in [0.4, 0.5) is 0 Å². The first-order valence-electron chi connectivity index (χ1n) is 24.6. The lowest BCUT2D eigenvalue weighted by Crippen LogP contribution is -2.23. The van der Waals surface area contributed by atoms with E-state index >= 15 is 0 Å². The summed E-state index contributed by atoms with van der Waals surface area (Å²) in [6.45, 7) is 9.83. The molecular formula is C49H97NO2S. The first-order chi connectivity index (χ1) is 26.1. The highest BCUT2D eigenvalue weighted by molar-refractivity contribution is 7.80. The number of rotatable bonds is 44. The number of hydrogen-bond donors (Lipinski definition) is 1. The van der Waals surface area contributed by atoms with Gasteiger partial charge >= 0.3 is 0 Å². The lowest BCUT2D eigenvalue weighted by molar-refractivity contribution is -0.121. The number of unbranched alkanes of at least 4 members (excludes halogenated alkanes) is 30. The first kappa shape index (κ1) is 52.4. The van der Waals surface area contributed by atoms with Gasteiger partial charge in [-0.3, -0.25) is 4.79 Å². The molecule has 0 spiro atoms. The molecule has 0 saturated carbocycles. The first-order valence-corrected chi connectivity index (χ1v) is 25.0. The minimum Gasteiger partial charge on any atom is -0.484 e. The van der Waals surface area contributed by atoms with E-state index in [4.69, 9.17) is 17.0 Å². The molecule has 0 rings (SSSR count). The van der Waals surface area contributed by atoms with Crippen LogP contribution < -0.4 is 5.32 Å². The molecule has 1 amide bonds. The van der Waals surface area contributed by atoms with Crippen molar-refractivity contribution in [2.75, 3.05) is 6.54 Å². The third kappa shape index (κ3) is 39.4. The molecule has 0 aromatic carbocycles. The van der Waals surface area contributed by atoms with Gasteiger partial charge in [-0.15, -0.1) is 0 Å². The zero-order valence-electron chi connectivity index (χ0n) is 36.9. The average molecular weight is 764 g/mol. The van der Waals surface area contributed by atoms with Crippen molar-refractivity contribution < 1.29 is 9.53 Å². The Balaban J connectivity index is 4.53. The summed E-state index contributed by atoms with van der Waals surface area (Å²) in [6.07, 6.45) is 53.0. The fourth-order valence-corrected chi connectivity index (χ4v) is 8.24. The third-order valence-corrected chi connectivity index (χ3v) is 12.0. The maximum absolute atomic E-state index is 11.8. The van der Waals surface area contributed by atoms with Crippen LogP contribution in [0.15, 0.2) is 0 Å². The zero-order valence-corrected chi connectivity index (χ0v) is 37.7. The van der Waals surface area contributed by atoms with E-state index in [9.17, 15) is 4.79 Å². The number of thiocarbonyl (C=S) groups is 1. The Bertz CT molecular complexity index is 714. The molecular weight excluding hydrogens is 667 g/mol. The van der Waals surface area contributed by atoms with Gasteiger partial charge in [-0.1, -0.05) is 233 Å². The predicted molar refractivity (Wildman–Crippen MR) is 241 cm³/mol. The van der Waals surface area contributed by atoms with Gasteiger partial charge in [-0.05, 0) is 57.2 Å². The van der Waals surface area contributed by atoms with Crippen molar-refractivity contribution in [3.05, 3.63) is 0 Å². The monoisotopic (exact) mass is 764 g/mol. The van der Waals surface area contributed by atoms with Crippen LogP contribution in [0.3, 0.4) is 0 Å². The van der Waals surface area contributed by atoms with Gasteiger partial charge in [-0.25, -0.2) is 0 Å². The zero-order chi connectivity index (χ0) is 38.7. The van der Waals surface area contributed by atoms with Crippen LogP contribution in [0.5, 0.6) is 0 Å². The van der Waals surface area contributed by atoms with Crippen LogP contribution in [0.1, 0.15) is 285 Å². The van der Waals surface area contributed by atoms with Crippen molar-refractivity contribution >= 4 is 23.2 Å². The van der Waals surface area contributed by atoms with Crippen LogP contribution in [-0.4, -0.2) is 23.6 Å². The molecule has 0 aromatic rings. The molecule has 0 aliphatic carbocycles. The van der Waals surface area contributed by atoms with Crippen LogP contribution in [0.2, 0.25) is 0 Å². The summed E-state index contributed by atoms with van der Waals surface area (Å²) in [7, 11) is 0. The Labute approximate surface area is 339 Å². The molecule has 0 radical (unpaired) electrons. The van der Waals surface area contributed by atoms with Crippen LogP contribution >= 0.6 is 12.2 Å².